The van der Waals surface area contributed by atoms with Crippen molar-refractivity contribution in [2.45, 2.75) is 51.0 Å². The molecule has 3 rings (SSSR count). The molecule has 0 spiro atoms. The normalized spacial score (nSPS) is 27.3. The van der Waals surface area contributed by atoms with Crippen molar-refractivity contribution in [3.8, 4) is 6.07 Å². The van der Waals surface area contributed by atoms with E-state index in [0.29, 0.717) is 16.7 Å². The molecule has 2 aliphatic rings. The van der Waals surface area contributed by atoms with Gasteiger partial charge in [0.25, 0.3) is 0 Å². The zero-order chi connectivity index (χ0) is 15.4. The van der Waals surface area contributed by atoms with Crippen molar-refractivity contribution in [1.29, 1.82) is 5.26 Å². The average molecular weight is 313 g/mol. The van der Waals surface area contributed by atoms with Crippen molar-refractivity contribution in [3.63, 3.8) is 0 Å². The highest BCUT2D eigenvalue weighted by atomic mass is 32.1. The number of benzene rings is 1. The predicted octanol–water partition coefficient (Wildman–Crippen LogP) is 4.20. The second kappa shape index (κ2) is 7.11. The summed E-state index contributed by atoms with van der Waals surface area (Å²) in [4.78, 5) is 0. The Hall–Kier alpha value is -1.60. The number of thiocarbonyl (C=S) groups is 1. The summed E-state index contributed by atoms with van der Waals surface area (Å²) in [7, 11) is 0. The van der Waals surface area contributed by atoms with E-state index in [1.807, 2.05) is 12.1 Å². The first-order valence-corrected chi connectivity index (χ1v) is 8.73. The number of hydrogen-bond donors (Lipinski definition) is 2. The van der Waals surface area contributed by atoms with E-state index in [1.54, 1.807) is 12.1 Å². The van der Waals surface area contributed by atoms with E-state index in [9.17, 15) is 0 Å². The minimum absolute atomic E-state index is 0.512. The monoisotopic (exact) mass is 313 g/mol. The third kappa shape index (κ3) is 3.78. The lowest BCUT2D eigenvalue weighted by molar-refractivity contribution is 0.151. The molecule has 1 aromatic carbocycles. The Morgan fingerprint density at radius 2 is 1.77 bits per heavy atom. The second-order valence-corrected chi connectivity index (χ2v) is 7.01. The molecule has 0 heterocycles. The highest BCUT2D eigenvalue weighted by Crippen LogP contribution is 2.40. The molecule has 4 heteroatoms. The van der Waals surface area contributed by atoms with Gasteiger partial charge in [-0.25, -0.2) is 0 Å². The molecule has 3 unspecified atom stereocenters. The van der Waals surface area contributed by atoms with Crippen LogP contribution in [0.1, 0.15) is 50.5 Å². The minimum atomic E-state index is 0.512. The topological polar surface area (TPSA) is 47.9 Å². The molecule has 0 amide bonds. The van der Waals surface area contributed by atoms with Gasteiger partial charge in [0.15, 0.2) is 5.11 Å². The lowest BCUT2D eigenvalue weighted by Crippen LogP contribution is -2.43. The van der Waals surface area contributed by atoms with Gasteiger partial charge in [-0.3, -0.25) is 0 Å². The molecule has 22 heavy (non-hydrogen) atoms. The van der Waals surface area contributed by atoms with Gasteiger partial charge < -0.3 is 10.6 Å². The highest BCUT2D eigenvalue weighted by molar-refractivity contribution is 7.80. The number of nitriles is 1. The Balaban J connectivity index is 1.50. The first-order valence-electron chi connectivity index (χ1n) is 8.32. The fourth-order valence-corrected chi connectivity index (χ4v) is 4.27. The molecular formula is C18H23N3S. The summed E-state index contributed by atoms with van der Waals surface area (Å²) in [5, 5.41) is 16.2. The smallest absolute Gasteiger partial charge is 0.170 e. The third-order valence-corrected chi connectivity index (χ3v) is 5.37. The van der Waals surface area contributed by atoms with Crippen LogP contribution in [0.2, 0.25) is 0 Å². The zero-order valence-electron chi connectivity index (χ0n) is 12.8. The van der Waals surface area contributed by atoms with Gasteiger partial charge in [0.2, 0.25) is 0 Å². The highest BCUT2D eigenvalue weighted by Gasteiger charge is 2.32. The number of nitrogens with one attached hydrogen (secondary N) is 2. The molecule has 2 N–H and O–H groups in total. The van der Waals surface area contributed by atoms with E-state index in [-0.39, 0.29) is 0 Å². The van der Waals surface area contributed by atoms with Crippen molar-refractivity contribution in [2.75, 3.05) is 5.32 Å². The predicted molar refractivity (Wildman–Crippen MR) is 93.6 cm³/mol. The van der Waals surface area contributed by atoms with Crippen LogP contribution in [0.5, 0.6) is 0 Å². The summed E-state index contributed by atoms with van der Waals surface area (Å²) in [6.45, 7) is 0. The lowest BCUT2D eigenvalue weighted by atomic mass is 9.69. The molecule has 2 fully saturated rings. The van der Waals surface area contributed by atoms with Crippen molar-refractivity contribution in [3.05, 3.63) is 29.8 Å². The lowest BCUT2D eigenvalue weighted by Gasteiger charge is -2.39. The van der Waals surface area contributed by atoms with Crippen LogP contribution >= 0.6 is 12.2 Å². The van der Waals surface area contributed by atoms with Crippen LogP contribution in [0.15, 0.2) is 24.3 Å². The Labute approximate surface area is 138 Å². The van der Waals surface area contributed by atoms with Crippen LogP contribution in [0.25, 0.3) is 0 Å². The van der Waals surface area contributed by atoms with Crippen LogP contribution < -0.4 is 10.6 Å². The third-order valence-electron chi connectivity index (χ3n) is 5.15. The zero-order valence-corrected chi connectivity index (χ0v) is 13.7. The molecule has 3 nitrogen and oxygen atoms in total. The fourth-order valence-electron chi connectivity index (χ4n) is 3.99. The maximum absolute atomic E-state index is 8.81. The van der Waals surface area contributed by atoms with E-state index in [0.717, 1.165) is 17.5 Å². The number of anilines is 1. The van der Waals surface area contributed by atoms with Crippen LogP contribution in [0.3, 0.4) is 0 Å². The molecule has 116 valence electrons. The number of rotatable bonds is 2. The second-order valence-electron chi connectivity index (χ2n) is 6.60. The number of fused-ring (bicyclic) bond motifs is 1. The minimum Gasteiger partial charge on any atom is -0.360 e. The van der Waals surface area contributed by atoms with Crippen molar-refractivity contribution in [2.24, 2.45) is 11.8 Å². The first kappa shape index (κ1) is 15.3. The van der Waals surface area contributed by atoms with Gasteiger partial charge in [-0.05, 0) is 67.6 Å². The van der Waals surface area contributed by atoms with Crippen molar-refractivity contribution >= 4 is 23.0 Å². The molecule has 2 aliphatic carbocycles. The SMILES string of the molecule is N#Cc1ccc(NC(=S)NC2CCC3CCCCC3C2)cc1. The summed E-state index contributed by atoms with van der Waals surface area (Å²) in [6, 6.07) is 10.0. The molecule has 3 atom stereocenters. The van der Waals surface area contributed by atoms with Gasteiger partial charge in [0.05, 0.1) is 11.6 Å². The summed E-state index contributed by atoms with van der Waals surface area (Å²) in [5.74, 6) is 1.87. The largest absolute Gasteiger partial charge is 0.360 e. The molecule has 0 radical (unpaired) electrons. The summed E-state index contributed by atoms with van der Waals surface area (Å²) in [5.41, 5.74) is 1.60. The summed E-state index contributed by atoms with van der Waals surface area (Å²) < 4.78 is 0. The Kier molecular flexibility index (Phi) is 4.94. The maximum Gasteiger partial charge on any atom is 0.170 e. The number of nitrogens with zero attached hydrogens (tertiary/aromatic N) is 1. The summed E-state index contributed by atoms with van der Waals surface area (Å²) >= 11 is 5.44. The van der Waals surface area contributed by atoms with E-state index in [4.69, 9.17) is 17.5 Å². The van der Waals surface area contributed by atoms with Gasteiger partial charge in [0, 0.05) is 11.7 Å². The van der Waals surface area contributed by atoms with Crippen molar-refractivity contribution in [1.82, 2.24) is 5.32 Å². The van der Waals surface area contributed by atoms with Gasteiger partial charge >= 0.3 is 0 Å². The van der Waals surface area contributed by atoms with Gasteiger partial charge in [-0.2, -0.15) is 5.26 Å². The van der Waals surface area contributed by atoms with Crippen LogP contribution in [0, 0.1) is 23.2 Å². The molecule has 0 bridgehead atoms. The fraction of sp³-hybridized carbons (Fsp3) is 0.556. The molecule has 0 aromatic heterocycles. The first-order chi connectivity index (χ1) is 10.7. The number of hydrogen-bond acceptors (Lipinski definition) is 2. The molecule has 0 aliphatic heterocycles. The van der Waals surface area contributed by atoms with Crippen LogP contribution in [-0.2, 0) is 0 Å². The van der Waals surface area contributed by atoms with Crippen LogP contribution in [-0.4, -0.2) is 11.2 Å². The molecular weight excluding hydrogens is 290 g/mol. The maximum atomic E-state index is 8.81. The molecule has 0 saturated heterocycles. The summed E-state index contributed by atoms with van der Waals surface area (Å²) in [6.07, 6.45) is 9.52. The van der Waals surface area contributed by atoms with E-state index in [1.165, 1.54) is 44.9 Å². The van der Waals surface area contributed by atoms with E-state index in [2.05, 4.69) is 16.7 Å². The molecule has 1 aromatic rings. The van der Waals surface area contributed by atoms with Gasteiger partial charge in [-0.1, -0.05) is 25.7 Å². The van der Waals surface area contributed by atoms with E-state index < -0.39 is 0 Å². The van der Waals surface area contributed by atoms with Gasteiger partial charge in [-0.15, -0.1) is 0 Å². The van der Waals surface area contributed by atoms with Crippen molar-refractivity contribution < 1.29 is 0 Å². The molecule has 2 saturated carbocycles. The Morgan fingerprint density at radius 3 is 2.50 bits per heavy atom. The quantitative estimate of drug-likeness (QED) is 0.803. The van der Waals surface area contributed by atoms with E-state index >= 15 is 0 Å². The standard InChI is InChI=1S/C18H23N3S/c19-12-13-5-8-16(9-6-13)20-18(22)21-17-10-7-14-3-1-2-4-15(14)11-17/h5-6,8-9,14-15,17H,1-4,7,10-11H2,(H2,20,21,22). The van der Waals surface area contributed by atoms with Crippen LogP contribution in [0.4, 0.5) is 5.69 Å². The van der Waals surface area contributed by atoms with Gasteiger partial charge in [0.1, 0.15) is 0 Å². The Bertz CT molecular complexity index is 561. The Morgan fingerprint density at radius 1 is 1.05 bits per heavy atom. The average Bonchev–Trinajstić information content (AvgIpc) is 2.55.